The molecule has 1 heterocycles. The molecule has 0 atom stereocenters. The van der Waals surface area contributed by atoms with Crippen molar-refractivity contribution >= 4 is 0 Å². The van der Waals surface area contributed by atoms with E-state index in [0.29, 0.717) is 12.5 Å². The Kier molecular flexibility index (Phi) is 2.92. The van der Waals surface area contributed by atoms with Crippen molar-refractivity contribution < 1.29 is 5.21 Å². The second kappa shape index (κ2) is 4.18. The summed E-state index contributed by atoms with van der Waals surface area (Å²) in [7, 11) is 0. The van der Waals surface area contributed by atoms with Crippen LogP contribution in [0.3, 0.4) is 0 Å². The maximum atomic E-state index is 9.76. The molecule has 1 fully saturated rings. The van der Waals surface area contributed by atoms with Crippen molar-refractivity contribution in [2.24, 2.45) is 5.92 Å². The maximum absolute atomic E-state index is 9.76. The molecule has 14 heavy (non-hydrogen) atoms. The highest BCUT2D eigenvalue weighted by atomic mass is 16.5. The average Bonchev–Trinajstić information content (AvgIpc) is 2.23. The van der Waals surface area contributed by atoms with E-state index >= 15 is 0 Å². The van der Waals surface area contributed by atoms with Crippen LogP contribution >= 0.6 is 0 Å². The van der Waals surface area contributed by atoms with Gasteiger partial charge < -0.3 is 0 Å². The van der Waals surface area contributed by atoms with Gasteiger partial charge in [-0.2, -0.15) is 0 Å². The average molecular weight is 193 g/mol. The van der Waals surface area contributed by atoms with E-state index in [0.717, 1.165) is 5.70 Å². The number of hydrogen-bond acceptors (Lipinski definition) is 2. The maximum Gasteiger partial charge on any atom is 0.0636 e. The molecule has 0 bridgehead atoms. The van der Waals surface area contributed by atoms with Crippen molar-refractivity contribution in [2.45, 2.75) is 39.0 Å². The normalized spacial score (nSPS) is 24.6. The van der Waals surface area contributed by atoms with Crippen molar-refractivity contribution in [2.75, 3.05) is 6.54 Å². The molecule has 1 aliphatic carbocycles. The van der Waals surface area contributed by atoms with E-state index in [1.165, 1.54) is 42.7 Å². The number of hydrogen-bond donors (Lipinski definition) is 1. The predicted molar refractivity (Wildman–Crippen MR) is 56.9 cm³/mol. The van der Waals surface area contributed by atoms with Gasteiger partial charge in [-0.25, -0.2) is 0 Å². The summed E-state index contributed by atoms with van der Waals surface area (Å²) in [6.45, 7) is 2.77. The second-order valence-electron chi connectivity index (χ2n) is 4.43. The number of nitrogens with zero attached hydrogens (tertiary/aromatic N) is 1. The molecule has 1 aliphatic heterocycles. The summed E-state index contributed by atoms with van der Waals surface area (Å²) in [4.78, 5) is 0. The first-order valence-electron chi connectivity index (χ1n) is 5.62. The fourth-order valence-corrected chi connectivity index (χ4v) is 2.43. The highest BCUT2D eigenvalue weighted by molar-refractivity contribution is 5.26. The standard InChI is InChI=1S/C12H19NO/c1-10-7-8-13(14)12(9-10)11-5-3-2-4-6-11/h7,9,11,14H,2-6,8H2,1H3. The van der Waals surface area contributed by atoms with Gasteiger partial charge in [0.05, 0.1) is 6.54 Å². The molecule has 0 aromatic heterocycles. The summed E-state index contributed by atoms with van der Waals surface area (Å²) < 4.78 is 0. The quantitative estimate of drug-likeness (QED) is 0.691. The number of allylic oxidation sites excluding steroid dienone is 3. The summed E-state index contributed by atoms with van der Waals surface area (Å²) in [5, 5.41) is 11.2. The minimum Gasteiger partial charge on any atom is -0.288 e. The van der Waals surface area contributed by atoms with Crippen LogP contribution in [-0.2, 0) is 0 Å². The first-order chi connectivity index (χ1) is 6.77. The van der Waals surface area contributed by atoms with E-state index in [2.05, 4.69) is 19.1 Å². The molecule has 0 unspecified atom stereocenters. The van der Waals surface area contributed by atoms with E-state index in [-0.39, 0.29) is 0 Å². The lowest BCUT2D eigenvalue weighted by Crippen LogP contribution is -2.27. The fourth-order valence-electron chi connectivity index (χ4n) is 2.43. The van der Waals surface area contributed by atoms with Gasteiger partial charge in [0.2, 0.25) is 0 Å². The van der Waals surface area contributed by atoms with Crippen LogP contribution in [0.5, 0.6) is 0 Å². The summed E-state index contributed by atoms with van der Waals surface area (Å²) in [6, 6.07) is 0. The van der Waals surface area contributed by atoms with Gasteiger partial charge in [-0.1, -0.05) is 30.9 Å². The Morgan fingerprint density at radius 3 is 2.71 bits per heavy atom. The molecule has 0 radical (unpaired) electrons. The van der Waals surface area contributed by atoms with Gasteiger partial charge in [0.1, 0.15) is 0 Å². The summed E-state index contributed by atoms with van der Waals surface area (Å²) >= 11 is 0. The van der Waals surface area contributed by atoms with Crippen LogP contribution in [0.25, 0.3) is 0 Å². The van der Waals surface area contributed by atoms with E-state index in [4.69, 9.17) is 0 Å². The van der Waals surface area contributed by atoms with E-state index in [1.807, 2.05) is 0 Å². The highest BCUT2D eigenvalue weighted by Crippen LogP contribution is 2.32. The third-order valence-electron chi connectivity index (χ3n) is 3.28. The van der Waals surface area contributed by atoms with Gasteiger partial charge >= 0.3 is 0 Å². The summed E-state index contributed by atoms with van der Waals surface area (Å²) in [6.07, 6.45) is 10.7. The molecular weight excluding hydrogens is 174 g/mol. The molecule has 0 aromatic carbocycles. The fraction of sp³-hybridized carbons (Fsp3) is 0.667. The molecule has 0 saturated heterocycles. The highest BCUT2D eigenvalue weighted by Gasteiger charge is 2.22. The lowest BCUT2D eigenvalue weighted by Gasteiger charge is -2.31. The van der Waals surface area contributed by atoms with Gasteiger partial charge in [-0.15, -0.1) is 0 Å². The lowest BCUT2D eigenvalue weighted by atomic mass is 9.85. The molecule has 2 nitrogen and oxygen atoms in total. The van der Waals surface area contributed by atoms with Crippen molar-refractivity contribution in [1.82, 2.24) is 5.06 Å². The third-order valence-corrected chi connectivity index (χ3v) is 3.28. The molecule has 2 rings (SSSR count). The summed E-state index contributed by atoms with van der Waals surface area (Å²) in [5.74, 6) is 0.595. The first-order valence-corrected chi connectivity index (χ1v) is 5.62. The van der Waals surface area contributed by atoms with Crippen LogP contribution in [0.4, 0.5) is 0 Å². The molecule has 0 aromatic rings. The van der Waals surface area contributed by atoms with Crippen LogP contribution in [0.2, 0.25) is 0 Å². The molecule has 0 spiro atoms. The Labute approximate surface area is 85.9 Å². The zero-order valence-corrected chi connectivity index (χ0v) is 8.87. The van der Waals surface area contributed by atoms with Gasteiger partial charge in [-0.05, 0) is 25.8 Å². The topological polar surface area (TPSA) is 23.5 Å². The first kappa shape index (κ1) is 9.78. The smallest absolute Gasteiger partial charge is 0.0636 e. The van der Waals surface area contributed by atoms with Crippen molar-refractivity contribution in [1.29, 1.82) is 0 Å². The lowest BCUT2D eigenvalue weighted by molar-refractivity contribution is -0.0582. The largest absolute Gasteiger partial charge is 0.288 e. The molecular formula is C12H19NO. The minimum absolute atomic E-state index is 0.595. The Bertz CT molecular complexity index is 261. The summed E-state index contributed by atoms with van der Waals surface area (Å²) in [5.41, 5.74) is 2.43. The number of hydroxylamine groups is 2. The van der Waals surface area contributed by atoms with Crippen LogP contribution in [0, 0.1) is 5.92 Å². The molecule has 2 heteroatoms. The van der Waals surface area contributed by atoms with E-state index in [9.17, 15) is 5.21 Å². The molecule has 1 saturated carbocycles. The monoisotopic (exact) mass is 193 g/mol. The van der Waals surface area contributed by atoms with Crippen LogP contribution < -0.4 is 0 Å². The zero-order chi connectivity index (χ0) is 9.97. The van der Waals surface area contributed by atoms with Gasteiger partial charge in [0.25, 0.3) is 0 Å². The van der Waals surface area contributed by atoms with Crippen molar-refractivity contribution in [3.63, 3.8) is 0 Å². The van der Waals surface area contributed by atoms with Crippen LogP contribution in [0.15, 0.2) is 23.4 Å². The van der Waals surface area contributed by atoms with Crippen molar-refractivity contribution in [3.8, 4) is 0 Å². The van der Waals surface area contributed by atoms with Gasteiger partial charge in [-0.3, -0.25) is 10.3 Å². The number of rotatable bonds is 1. The van der Waals surface area contributed by atoms with Crippen LogP contribution in [0.1, 0.15) is 39.0 Å². The molecule has 2 aliphatic rings. The van der Waals surface area contributed by atoms with Crippen molar-refractivity contribution in [3.05, 3.63) is 23.4 Å². The second-order valence-corrected chi connectivity index (χ2v) is 4.43. The van der Waals surface area contributed by atoms with Gasteiger partial charge in [0.15, 0.2) is 0 Å². The Balaban J connectivity index is 2.10. The SMILES string of the molecule is CC1=CCN(O)C(C2CCCCC2)=C1. The Morgan fingerprint density at radius 2 is 2.00 bits per heavy atom. The Morgan fingerprint density at radius 1 is 1.29 bits per heavy atom. The Hall–Kier alpha value is -0.760. The predicted octanol–water partition coefficient (Wildman–Crippen LogP) is 3.10. The minimum atomic E-state index is 0.595. The third kappa shape index (κ3) is 2.01. The molecule has 78 valence electrons. The van der Waals surface area contributed by atoms with Crippen LogP contribution in [-0.4, -0.2) is 16.8 Å². The molecule has 1 N–H and O–H groups in total. The van der Waals surface area contributed by atoms with E-state index in [1.54, 1.807) is 0 Å². The molecule has 0 amide bonds. The zero-order valence-electron chi connectivity index (χ0n) is 8.87. The van der Waals surface area contributed by atoms with Gasteiger partial charge in [0, 0.05) is 11.6 Å². The van der Waals surface area contributed by atoms with E-state index < -0.39 is 0 Å².